The van der Waals surface area contributed by atoms with Crippen LogP contribution >= 0.6 is 11.6 Å². The fraction of sp³-hybridized carbons (Fsp3) is 0.600. The van der Waals surface area contributed by atoms with Gasteiger partial charge >= 0.3 is 0 Å². The fourth-order valence-corrected chi connectivity index (χ4v) is 2.37. The van der Waals surface area contributed by atoms with Crippen molar-refractivity contribution in [2.45, 2.75) is 46.6 Å². The molecule has 1 aromatic rings. The molecule has 1 nitrogen and oxygen atoms in total. The summed E-state index contributed by atoms with van der Waals surface area (Å²) in [6.07, 6.45) is 2.34. The van der Waals surface area contributed by atoms with E-state index in [0.717, 1.165) is 11.6 Å². The first kappa shape index (κ1) is 14.5. The van der Waals surface area contributed by atoms with Gasteiger partial charge in [-0.25, -0.2) is 0 Å². The summed E-state index contributed by atoms with van der Waals surface area (Å²) >= 11 is 6.01. The van der Waals surface area contributed by atoms with Crippen LogP contribution in [-0.2, 0) is 0 Å². The summed E-state index contributed by atoms with van der Waals surface area (Å²) in [4.78, 5) is 0. The second kappa shape index (κ2) is 7.03. The Labute approximate surface area is 111 Å². The molecule has 0 saturated carbocycles. The topological polar surface area (TPSA) is 12.0 Å². The first-order chi connectivity index (χ1) is 8.04. The van der Waals surface area contributed by atoms with Gasteiger partial charge in [-0.3, -0.25) is 0 Å². The minimum atomic E-state index is 0.451. The van der Waals surface area contributed by atoms with Crippen molar-refractivity contribution in [2.24, 2.45) is 5.92 Å². The molecule has 96 valence electrons. The highest BCUT2D eigenvalue weighted by Crippen LogP contribution is 2.26. The zero-order valence-corrected chi connectivity index (χ0v) is 12.1. The van der Waals surface area contributed by atoms with Crippen LogP contribution in [0.4, 0.5) is 0 Å². The van der Waals surface area contributed by atoms with Crippen LogP contribution in [0.3, 0.4) is 0 Å². The van der Waals surface area contributed by atoms with E-state index in [9.17, 15) is 0 Å². The maximum absolute atomic E-state index is 6.01. The quantitative estimate of drug-likeness (QED) is 0.773. The molecule has 1 unspecified atom stereocenters. The smallest absolute Gasteiger partial charge is 0.0408 e. The molecule has 0 aliphatic carbocycles. The Hall–Kier alpha value is -0.530. The first-order valence-electron chi connectivity index (χ1n) is 6.54. The summed E-state index contributed by atoms with van der Waals surface area (Å²) in [7, 11) is 0. The Bertz CT molecular complexity index is 347. The molecule has 0 saturated heterocycles. The van der Waals surface area contributed by atoms with Crippen molar-refractivity contribution < 1.29 is 0 Å². The number of hydrogen-bond donors (Lipinski definition) is 1. The minimum absolute atomic E-state index is 0.451. The number of rotatable bonds is 6. The molecule has 0 aromatic heterocycles. The predicted molar refractivity (Wildman–Crippen MR) is 76.7 cm³/mol. The van der Waals surface area contributed by atoms with E-state index in [4.69, 9.17) is 11.6 Å². The molecular weight excluding hydrogens is 230 g/mol. The Kier molecular flexibility index (Phi) is 6.01. The number of benzene rings is 1. The number of nitrogens with one attached hydrogen (secondary N) is 1. The predicted octanol–water partition coefficient (Wildman–Crippen LogP) is 4.74. The maximum Gasteiger partial charge on any atom is 0.0408 e. The second-order valence-corrected chi connectivity index (χ2v) is 5.57. The van der Waals surface area contributed by atoms with Crippen molar-refractivity contribution in [1.29, 1.82) is 0 Å². The van der Waals surface area contributed by atoms with Gasteiger partial charge in [0, 0.05) is 11.1 Å². The third-order valence-electron chi connectivity index (χ3n) is 2.96. The van der Waals surface area contributed by atoms with E-state index >= 15 is 0 Å². The van der Waals surface area contributed by atoms with Crippen molar-refractivity contribution in [3.63, 3.8) is 0 Å². The molecule has 0 heterocycles. The summed E-state index contributed by atoms with van der Waals surface area (Å²) in [5, 5.41) is 4.46. The number of aryl methyl sites for hydroxylation is 1. The van der Waals surface area contributed by atoms with E-state index in [1.54, 1.807) is 0 Å². The van der Waals surface area contributed by atoms with Gasteiger partial charge in [0.15, 0.2) is 0 Å². The highest BCUT2D eigenvalue weighted by atomic mass is 35.5. The van der Waals surface area contributed by atoms with Crippen molar-refractivity contribution >= 4 is 11.6 Å². The van der Waals surface area contributed by atoms with Gasteiger partial charge < -0.3 is 5.32 Å². The van der Waals surface area contributed by atoms with Gasteiger partial charge in [-0.1, -0.05) is 38.4 Å². The molecule has 1 N–H and O–H groups in total. The van der Waals surface area contributed by atoms with Gasteiger partial charge in [-0.15, -0.1) is 0 Å². The second-order valence-electron chi connectivity index (χ2n) is 5.14. The summed E-state index contributed by atoms with van der Waals surface area (Å²) < 4.78 is 0. The zero-order valence-electron chi connectivity index (χ0n) is 11.4. The van der Waals surface area contributed by atoms with Crippen LogP contribution < -0.4 is 5.32 Å². The monoisotopic (exact) mass is 253 g/mol. The van der Waals surface area contributed by atoms with Crippen LogP contribution in [0.25, 0.3) is 0 Å². The van der Waals surface area contributed by atoms with Crippen LogP contribution in [0, 0.1) is 12.8 Å². The lowest BCUT2D eigenvalue weighted by molar-refractivity contribution is 0.429. The molecule has 0 aliphatic heterocycles. The van der Waals surface area contributed by atoms with Gasteiger partial charge in [0.2, 0.25) is 0 Å². The van der Waals surface area contributed by atoms with Crippen molar-refractivity contribution in [3.8, 4) is 0 Å². The van der Waals surface area contributed by atoms with Gasteiger partial charge in [-0.2, -0.15) is 0 Å². The average molecular weight is 254 g/mol. The highest BCUT2D eigenvalue weighted by molar-refractivity contribution is 6.30. The SMILES string of the molecule is CCCNC(CC(C)C)c1ccc(Cl)cc1C. The number of halogens is 1. The van der Waals surface area contributed by atoms with Crippen molar-refractivity contribution in [2.75, 3.05) is 6.54 Å². The first-order valence-corrected chi connectivity index (χ1v) is 6.91. The van der Waals surface area contributed by atoms with Gasteiger partial charge in [0.05, 0.1) is 0 Å². The average Bonchev–Trinajstić information content (AvgIpc) is 2.24. The Morgan fingerprint density at radius 3 is 2.53 bits per heavy atom. The fourth-order valence-electron chi connectivity index (χ4n) is 2.14. The van der Waals surface area contributed by atoms with E-state index in [1.807, 2.05) is 6.07 Å². The van der Waals surface area contributed by atoms with Crippen molar-refractivity contribution in [1.82, 2.24) is 5.32 Å². The third kappa shape index (κ3) is 4.69. The Balaban J connectivity index is 2.86. The van der Waals surface area contributed by atoms with E-state index in [1.165, 1.54) is 24.0 Å². The van der Waals surface area contributed by atoms with E-state index in [0.29, 0.717) is 12.0 Å². The molecular formula is C15H24ClN. The maximum atomic E-state index is 6.01. The van der Waals surface area contributed by atoms with Crippen LogP contribution in [0.15, 0.2) is 18.2 Å². The lowest BCUT2D eigenvalue weighted by Crippen LogP contribution is -2.24. The molecule has 1 atom stereocenters. The van der Waals surface area contributed by atoms with Crippen LogP contribution in [0.1, 0.15) is 50.8 Å². The van der Waals surface area contributed by atoms with Crippen molar-refractivity contribution in [3.05, 3.63) is 34.3 Å². The molecule has 0 fully saturated rings. The lowest BCUT2D eigenvalue weighted by Gasteiger charge is -2.23. The largest absolute Gasteiger partial charge is 0.310 e. The van der Waals surface area contributed by atoms with Gasteiger partial charge in [0.25, 0.3) is 0 Å². The molecule has 17 heavy (non-hydrogen) atoms. The third-order valence-corrected chi connectivity index (χ3v) is 3.19. The van der Waals surface area contributed by atoms with Crippen LogP contribution in [0.5, 0.6) is 0 Å². The van der Waals surface area contributed by atoms with Crippen LogP contribution in [0.2, 0.25) is 5.02 Å². The zero-order chi connectivity index (χ0) is 12.8. The highest BCUT2D eigenvalue weighted by Gasteiger charge is 2.14. The molecule has 0 amide bonds. The molecule has 0 spiro atoms. The minimum Gasteiger partial charge on any atom is -0.310 e. The molecule has 0 radical (unpaired) electrons. The lowest BCUT2D eigenvalue weighted by atomic mass is 9.94. The molecule has 2 heteroatoms. The van der Waals surface area contributed by atoms with E-state index < -0.39 is 0 Å². The Morgan fingerprint density at radius 2 is 2.00 bits per heavy atom. The summed E-state index contributed by atoms with van der Waals surface area (Å²) in [6, 6.07) is 6.66. The standard InChI is InChI=1S/C15H24ClN/c1-5-8-17-15(9-11(2)3)14-7-6-13(16)10-12(14)4/h6-7,10-11,15,17H,5,8-9H2,1-4H3. The van der Waals surface area contributed by atoms with E-state index in [2.05, 4.69) is 45.1 Å². The Morgan fingerprint density at radius 1 is 1.29 bits per heavy atom. The molecule has 0 aliphatic rings. The summed E-state index contributed by atoms with van der Waals surface area (Å²) in [5.41, 5.74) is 2.67. The number of hydrogen-bond acceptors (Lipinski definition) is 1. The summed E-state index contributed by atoms with van der Waals surface area (Å²) in [5.74, 6) is 0.694. The molecule has 1 rings (SSSR count). The van der Waals surface area contributed by atoms with Crippen LogP contribution in [-0.4, -0.2) is 6.54 Å². The normalized spacial score (nSPS) is 13.1. The molecule has 1 aromatic carbocycles. The van der Waals surface area contributed by atoms with E-state index in [-0.39, 0.29) is 0 Å². The molecule has 0 bridgehead atoms. The van der Waals surface area contributed by atoms with Gasteiger partial charge in [0.1, 0.15) is 0 Å². The summed E-state index contributed by atoms with van der Waals surface area (Å²) in [6.45, 7) is 9.95. The van der Waals surface area contributed by atoms with Gasteiger partial charge in [-0.05, 0) is 55.5 Å².